The van der Waals surface area contributed by atoms with Crippen molar-refractivity contribution in [1.82, 2.24) is 20.2 Å². The zero-order valence-corrected chi connectivity index (χ0v) is 10.9. The molecule has 1 fully saturated rings. The van der Waals surface area contributed by atoms with Gasteiger partial charge in [-0.2, -0.15) is 0 Å². The van der Waals surface area contributed by atoms with Gasteiger partial charge in [0.15, 0.2) is 5.82 Å². The second kappa shape index (κ2) is 4.87. The summed E-state index contributed by atoms with van der Waals surface area (Å²) in [5.41, 5.74) is 7.30. The summed E-state index contributed by atoms with van der Waals surface area (Å²) in [5, 5.41) is 11.9. The molecule has 1 aromatic carbocycles. The number of anilines is 1. The highest BCUT2D eigenvalue weighted by molar-refractivity contribution is 5.67. The number of nitrogens with zero attached hydrogens (tertiary/aromatic N) is 4. The van der Waals surface area contributed by atoms with Crippen molar-refractivity contribution >= 4 is 5.69 Å². The van der Waals surface area contributed by atoms with Crippen molar-refractivity contribution in [3.05, 3.63) is 18.2 Å². The van der Waals surface area contributed by atoms with Crippen LogP contribution in [0.4, 0.5) is 5.69 Å². The number of nitrogens with two attached hydrogens (primary N) is 1. The molecule has 1 aromatic heterocycles. The van der Waals surface area contributed by atoms with Crippen LogP contribution in [0.3, 0.4) is 0 Å². The molecular formula is C13H17N5O. The zero-order valence-electron chi connectivity index (χ0n) is 10.9. The minimum Gasteiger partial charge on any atom is -0.496 e. The van der Waals surface area contributed by atoms with Gasteiger partial charge in [0.05, 0.1) is 12.7 Å². The standard InChI is InChI=1S/C13H17N5O/c1-19-12-8-10(14)4-5-11(12)13-15-16-17-18(13)7-6-9-2-3-9/h4-5,8-9H,2-3,6-7,14H2,1H3. The molecule has 0 amide bonds. The zero-order chi connectivity index (χ0) is 13.2. The van der Waals surface area contributed by atoms with Crippen LogP contribution in [0, 0.1) is 5.92 Å². The number of ether oxygens (including phenoxy) is 1. The van der Waals surface area contributed by atoms with E-state index in [4.69, 9.17) is 10.5 Å². The quantitative estimate of drug-likeness (QED) is 0.827. The number of aryl methyl sites for hydroxylation is 1. The third-order valence-corrected chi connectivity index (χ3v) is 3.44. The number of tetrazole rings is 1. The fraction of sp³-hybridized carbons (Fsp3) is 0.462. The van der Waals surface area contributed by atoms with E-state index < -0.39 is 0 Å². The van der Waals surface area contributed by atoms with Gasteiger partial charge < -0.3 is 10.5 Å². The maximum Gasteiger partial charge on any atom is 0.185 e. The minimum atomic E-state index is 0.664. The molecule has 6 nitrogen and oxygen atoms in total. The van der Waals surface area contributed by atoms with E-state index in [1.807, 2.05) is 16.8 Å². The lowest BCUT2D eigenvalue weighted by Gasteiger charge is -2.09. The van der Waals surface area contributed by atoms with Crippen LogP contribution >= 0.6 is 0 Å². The van der Waals surface area contributed by atoms with E-state index in [0.29, 0.717) is 11.4 Å². The van der Waals surface area contributed by atoms with Gasteiger partial charge in [-0.05, 0) is 34.9 Å². The maximum atomic E-state index is 5.76. The first kappa shape index (κ1) is 12.0. The van der Waals surface area contributed by atoms with Crippen molar-refractivity contribution in [2.45, 2.75) is 25.8 Å². The lowest BCUT2D eigenvalue weighted by Crippen LogP contribution is -2.04. The van der Waals surface area contributed by atoms with Crippen molar-refractivity contribution in [1.29, 1.82) is 0 Å². The molecule has 19 heavy (non-hydrogen) atoms. The summed E-state index contributed by atoms with van der Waals surface area (Å²) >= 11 is 0. The second-order valence-corrected chi connectivity index (χ2v) is 4.92. The first-order valence-corrected chi connectivity index (χ1v) is 6.48. The van der Waals surface area contributed by atoms with E-state index in [-0.39, 0.29) is 0 Å². The Hall–Kier alpha value is -2.11. The van der Waals surface area contributed by atoms with E-state index in [9.17, 15) is 0 Å². The molecule has 100 valence electrons. The summed E-state index contributed by atoms with van der Waals surface area (Å²) in [6.07, 6.45) is 3.81. The largest absolute Gasteiger partial charge is 0.496 e. The van der Waals surface area contributed by atoms with Crippen molar-refractivity contribution in [2.75, 3.05) is 12.8 Å². The lowest BCUT2D eigenvalue weighted by atomic mass is 10.1. The van der Waals surface area contributed by atoms with Gasteiger partial charge in [-0.1, -0.05) is 12.8 Å². The maximum absolute atomic E-state index is 5.76. The topological polar surface area (TPSA) is 78.8 Å². The van der Waals surface area contributed by atoms with Gasteiger partial charge in [0.1, 0.15) is 5.75 Å². The summed E-state index contributed by atoms with van der Waals surface area (Å²) in [5.74, 6) is 2.28. The predicted octanol–water partition coefficient (Wildman–Crippen LogP) is 1.73. The molecule has 1 aliphatic rings. The van der Waals surface area contributed by atoms with Crippen molar-refractivity contribution in [3.8, 4) is 17.1 Å². The Kier molecular flexibility index (Phi) is 3.06. The third kappa shape index (κ3) is 2.52. The summed E-state index contributed by atoms with van der Waals surface area (Å²) in [6, 6.07) is 5.51. The van der Waals surface area contributed by atoms with Gasteiger partial charge in [0.25, 0.3) is 0 Å². The van der Waals surface area contributed by atoms with Crippen LogP contribution in [-0.2, 0) is 6.54 Å². The first-order chi connectivity index (χ1) is 9.28. The second-order valence-electron chi connectivity index (χ2n) is 4.92. The smallest absolute Gasteiger partial charge is 0.185 e. The molecule has 0 atom stereocenters. The third-order valence-electron chi connectivity index (χ3n) is 3.44. The fourth-order valence-corrected chi connectivity index (χ4v) is 2.15. The van der Waals surface area contributed by atoms with Crippen LogP contribution in [0.5, 0.6) is 5.75 Å². The Balaban J connectivity index is 1.90. The molecule has 2 aromatic rings. The molecule has 0 saturated heterocycles. The van der Waals surface area contributed by atoms with Crippen LogP contribution < -0.4 is 10.5 Å². The number of benzene rings is 1. The Morgan fingerprint density at radius 2 is 2.26 bits per heavy atom. The number of aromatic nitrogens is 4. The molecule has 0 radical (unpaired) electrons. The molecule has 1 aliphatic carbocycles. The summed E-state index contributed by atoms with van der Waals surface area (Å²) in [7, 11) is 1.62. The Morgan fingerprint density at radius 3 is 3.00 bits per heavy atom. The number of hydrogen-bond acceptors (Lipinski definition) is 5. The lowest BCUT2D eigenvalue weighted by molar-refractivity contribution is 0.415. The monoisotopic (exact) mass is 259 g/mol. The van der Waals surface area contributed by atoms with Crippen LogP contribution in [0.2, 0.25) is 0 Å². The van der Waals surface area contributed by atoms with E-state index in [2.05, 4.69) is 15.5 Å². The Morgan fingerprint density at radius 1 is 1.42 bits per heavy atom. The molecular weight excluding hydrogens is 242 g/mol. The SMILES string of the molecule is COc1cc(N)ccc1-c1nnnn1CCC1CC1. The Bertz CT molecular complexity index is 576. The fourth-order valence-electron chi connectivity index (χ4n) is 2.15. The molecule has 3 rings (SSSR count). The van der Waals surface area contributed by atoms with Gasteiger partial charge in [-0.3, -0.25) is 0 Å². The first-order valence-electron chi connectivity index (χ1n) is 6.48. The van der Waals surface area contributed by atoms with Crippen molar-refractivity contribution in [2.24, 2.45) is 5.92 Å². The van der Waals surface area contributed by atoms with E-state index in [0.717, 1.165) is 30.3 Å². The highest BCUT2D eigenvalue weighted by Crippen LogP contribution is 2.34. The van der Waals surface area contributed by atoms with Crippen LogP contribution in [0.15, 0.2) is 18.2 Å². The predicted molar refractivity (Wildman–Crippen MR) is 71.6 cm³/mol. The average Bonchev–Trinajstić information content (AvgIpc) is 3.14. The van der Waals surface area contributed by atoms with Gasteiger partial charge >= 0.3 is 0 Å². The minimum absolute atomic E-state index is 0.664. The molecule has 0 spiro atoms. The van der Waals surface area contributed by atoms with Crippen molar-refractivity contribution in [3.63, 3.8) is 0 Å². The molecule has 6 heteroatoms. The van der Waals surface area contributed by atoms with Crippen molar-refractivity contribution < 1.29 is 4.74 Å². The molecule has 1 heterocycles. The number of rotatable bonds is 5. The molecule has 0 bridgehead atoms. The van der Waals surface area contributed by atoms with E-state index in [1.54, 1.807) is 13.2 Å². The van der Waals surface area contributed by atoms with E-state index >= 15 is 0 Å². The van der Waals surface area contributed by atoms with Crippen LogP contribution in [-0.4, -0.2) is 27.3 Å². The Labute approximate surface area is 111 Å². The summed E-state index contributed by atoms with van der Waals surface area (Å²) in [4.78, 5) is 0. The molecule has 0 aliphatic heterocycles. The molecule has 2 N–H and O–H groups in total. The summed E-state index contributed by atoms with van der Waals surface area (Å²) < 4.78 is 7.19. The summed E-state index contributed by atoms with van der Waals surface area (Å²) in [6.45, 7) is 0.848. The molecule has 1 saturated carbocycles. The van der Waals surface area contributed by atoms with Crippen LogP contribution in [0.25, 0.3) is 11.4 Å². The van der Waals surface area contributed by atoms with Crippen LogP contribution in [0.1, 0.15) is 19.3 Å². The number of nitrogen functional groups attached to an aromatic ring is 1. The van der Waals surface area contributed by atoms with Gasteiger partial charge in [0, 0.05) is 18.3 Å². The number of methoxy groups -OCH3 is 1. The normalized spacial score (nSPS) is 14.6. The molecule has 0 unspecified atom stereocenters. The average molecular weight is 259 g/mol. The number of hydrogen-bond donors (Lipinski definition) is 1. The van der Waals surface area contributed by atoms with Gasteiger partial charge in [-0.15, -0.1) is 5.10 Å². The van der Waals surface area contributed by atoms with E-state index in [1.165, 1.54) is 12.8 Å². The van der Waals surface area contributed by atoms with Gasteiger partial charge in [-0.25, -0.2) is 4.68 Å². The highest BCUT2D eigenvalue weighted by atomic mass is 16.5. The van der Waals surface area contributed by atoms with Gasteiger partial charge in [0.2, 0.25) is 0 Å². The highest BCUT2D eigenvalue weighted by Gasteiger charge is 2.22.